The van der Waals surface area contributed by atoms with E-state index in [1.807, 2.05) is 0 Å². The number of anilines is 1. The van der Waals surface area contributed by atoms with Crippen LogP contribution in [0.4, 0.5) is 11.4 Å². The lowest BCUT2D eigenvalue weighted by atomic mass is 10.1. The van der Waals surface area contributed by atoms with Crippen LogP contribution in [-0.2, 0) is 14.8 Å². The number of nitrogens with one attached hydrogen (secondary N) is 1. The van der Waals surface area contributed by atoms with Gasteiger partial charge in [-0.2, -0.15) is 0 Å². The summed E-state index contributed by atoms with van der Waals surface area (Å²) in [6.07, 6.45) is 0. The highest BCUT2D eigenvalue weighted by Gasteiger charge is 2.28. The van der Waals surface area contributed by atoms with Crippen LogP contribution in [0.5, 0.6) is 5.75 Å². The molecule has 0 aliphatic heterocycles. The number of ether oxygens (including phenoxy) is 1. The second kappa shape index (κ2) is 10.1. The minimum Gasteiger partial charge on any atom is -0.497 e. The molecule has 0 aliphatic rings. The summed E-state index contributed by atoms with van der Waals surface area (Å²) in [6.45, 7) is 1.27. The van der Waals surface area contributed by atoms with E-state index in [0.29, 0.717) is 5.75 Å². The van der Waals surface area contributed by atoms with Gasteiger partial charge in [-0.25, -0.2) is 8.42 Å². The number of sulfonamides is 1. The van der Waals surface area contributed by atoms with Crippen molar-refractivity contribution in [2.75, 3.05) is 18.0 Å². The molecule has 3 aromatic carbocycles. The van der Waals surface area contributed by atoms with Crippen molar-refractivity contribution in [3.8, 4) is 5.75 Å². The number of hydrogen-bond acceptors (Lipinski definition) is 6. The molecule has 0 fully saturated rings. The zero-order chi connectivity index (χ0) is 24.0. The number of nitro groups is 1. The number of nitro benzene ring substituents is 1. The Morgan fingerprint density at radius 3 is 2.18 bits per heavy atom. The first kappa shape index (κ1) is 23.7. The zero-order valence-electron chi connectivity index (χ0n) is 18.0. The summed E-state index contributed by atoms with van der Waals surface area (Å²) in [4.78, 5) is 23.2. The standard InChI is InChI=1S/C23H23N3O6S/c1-17(18-8-14-21(32-2)15-9-18)24-23(27)16-25(19-10-12-20(13-11-19)26(28)29)33(30,31)22-6-4-3-5-7-22/h3-15,17H,16H2,1-2H3,(H,24,27). The largest absolute Gasteiger partial charge is 0.497 e. The number of amides is 1. The third-order valence-electron chi connectivity index (χ3n) is 4.96. The van der Waals surface area contributed by atoms with Crippen molar-refractivity contribution >= 4 is 27.3 Å². The molecule has 9 nitrogen and oxygen atoms in total. The first-order chi connectivity index (χ1) is 15.7. The normalized spacial score (nSPS) is 11.9. The lowest BCUT2D eigenvalue weighted by Gasteiger charge is -2.25. The van der Waals surface area contributed by atoms with Crippen LogP contribution in [0.3, 0.4) is 0 Å². The molecule has 10 heteroatoms. The molecule has 3 aromatic rings. The summed E-state index contributed by atoms with van der Waals surface area (Å²) in [5.74, 6) is 0.145. The van der Waals surface area contributed by atoms with Crippen LogP contribution >= 0.6 is 0 Å². The molecule has 0 aromatic heterocycles. The Morgan fingerprint density at radius 2 is 1.64 bits per heavy atom. The van der Waals surface area contributed by atoms with Gasteiger partial charge in [-0.15, -0.1) is 0 Å². The smallest absolute Gasteiger partial charge is 0.269 e. The Bertz CT molecular complexity index is 1210. The van der Waals surface area contributed by atoms with Crippen molar-refractivity contribution in [1.82, 2.24) is 5.32 Å². The minimum atomic E-state index is -4.11. The van der Waals surface area contributed by atoms with Gasteiger partial charge >= 0.3 is 0 Å². The molecule has 33 heavy (non-hydrogen) atoms. The van der Waals surface area contributed by atoms with Crippen LogP contribution in [0, 0.1) is 10.1 Å². The Kier molecular flexibility index (Phi) is 7.29. The number of hydrogen-bond donors (Lipinski definition) is 1. The molecule has 0 aliphatic carbocycles. The molecule has 1 atom stereocenters. The van der Waals surface area contributed by atoms with Gasteiger partial charge in [-0.05, 0) is 48.9 Å². The summed E-state index contributed by atoms with van der Waals surface area (Å²) in [7, 11) is -2.55. The maximum Gasteiger partial charge on any atom is 0.269 e. The van der Waals surface area contributed by atoms with Gasteiger partial charge in [0, 0.05) is 12.1 Å². The number of carbonyl (C=O) groups is 1. The van der Waals surface area contributed by atoms with Crippen molar-refractivity contribution < 1.29 is 22.9 Å². The molecule has 0 bridgehead atoms. The van der Waals surface area contributed by atoms with Gasteiger partial charge in [-0.3, -0.25) is 19.2 Å². The fraction of sp³-hybridized carbons (Fsp3) is 0.174. The van der Waals surface area contributed by atoms with E-state index < -0.39 is 27.4 Å². The lowest BCUT2D eigenvalue weighted by molar-refractivity contribution is -0.384. The van der Waals surface area contributed by atoms with Crippen LogP contribution in [0.2, 0.25) is 0 Å². The van der Waals surface area contributed by atoms with Crippen LogP contribution in [-0.4, -0.2) is 32.9 Å². The van der Waals surface area contributed by atoms with Crippen molar-refractivity contribution in [1.29, 1.82) is 0 Å². The summed E-state index contributed by atoms with van der Waals surface area (Å²) < 4.78 is 32.7. The zero-order valence-corrected chi connectivity index (χ0v) is 18.9. The molecule has 0 radical (unpaired) electrons. The topological polar surface area (TPSA) is 119 Å². The van der Waals surface area contributed by atoms with Crippen LogP contribution in [0.25, 0.3) is 0 Å². The highest BCUT2D eigenvalue weighted by molar-refractivity contribution is 7.92. The Balaban J connectivity index is 1.87. The average molecular weight is 470 g/mol. The fourth-order valence-corrected chi connectivity index (χ4v) is 4.61. The predicted octanol–water partition coefficient (Wildman–Crippen LogP) is 3.68. The number of rotatable bonds is 9. The second-order valence-electron chi connectivity index (χ2n) is 7.16. The highest BCUT2D eigenvalue weighted by atomic mass is 32.2. The number of nitrogens with zero attached hydrogens (tertiary/aromatic N) is 2. The molecule has 3 rings (SSSR count). The number of benzene rings is 3. The number of methoxy groups -OCH3 is 1. The molecular formula is C23H23N3O6S. The van der Waals surface area contributed by atoms with Gasteiger partial charge in [-0.1, -0.05) is 30.3 Å². The Labute approximate surface area is 191 Å². The molecule has 1 amide bonds. The van der Waals surface area contributed by atoms with E-state index in [4.69, 9.17) is 4.74 Å². The van der Waals surface area contributed by atoms with E-state index in [2.05, 4.69) is 5.32 Å². The van der Waals surface area contributed by atoms with Gasteiger partial charge in [0.15, 0.2) is 0 Å². The third-order valence-corrected chi connectivity index (χ3v) is 6.75. The number of carbonyl (C=O) groups excluding carboxylic acids is 1. The fourth-order valence-electron chi connectivity index (χ4n) is 3.17. The van der Waals surface area contributed by atoms with Crippen molar-refractivity contribution in [2.45, 2.75) is 17.9 Å². The van der Waals surface area contributed by atoms with Crippen molar-refractivity contribution in [3.05, 3.63) is 94.5 Å². The molecule has 172 valence electrons. The van der Waals surface area contributed by atoms with Crippen molar-refractivity contribution in [2.24, 2.45) is 0 Å². The van der Waals surface area contributed by atoms with E-state index in [0.717, 1.165) is 9.87 Å². The quantitative estimate of drug-likeness (QED) is 0.377. The molecule has 1 unspecified atom stereocenters. The van der Waals surface area contributed by atoms with E-state index in [1.54, 1.807) is 56.5 Å². The molecule has 0 saturated carbocycles. The first-order valence-electron chi connectivity index (χ1n) is 9.98. The van der Waals surface area contributed by atoms with Crippen molar-refractivity contribution in [3.63, 3.8) is 0 Å². The monoisotopic (exact) mass is 469 g/mol. The third kappa shape index (κ3) is 5.66. The Morgan fingerprint density at radius 1 is 1.03 bits per heavy atom. The van der Waals surface area contributed by atoms with Gasteiger partial charge in [0.2, 0.25) is 5.91 Å². The molecular weight excluding hydrogens is 446 g/mol. The van der Waals surface area contributed by atoms with Gasteiger partial charge in [0.25, 0.3) is 15.7 Å². The minimum absolute atomic E-state index is 0.000597. The predicted molar refractivity (Wildman–Crippen MR) is 124 cm³/mol. The van der Waals surface area contributed by atoms with Gasteiger partial charge < -0.3 is 10.1 Å². The average Bonchev–Trinajstić information content (AvgIpc) is 2.83. The summed E-state index contributed by atoms with van der Waals surface area (Å²) in [5, 5.41) is 13.8. The molecule has 0 saturated heterocycles. The maximum absolute atomic E-state index is 13.3. The van der Waals surface area contributed by atoms with E-state index in [1.165, 1.54) is 36.4 Å². The first-order valence-corrected chi connectivity index (χ1v) is 11.4. The lowest BCUT2D eigenvalue weighted by Crippen LogP contribution is -2.41. The summed E-state index contributed by atoms with van der Waals surface area (Å²) >= 11 is 0. The highest BCUT2D eigenvalue weighted by Crippen LogP contribution is 2.26. The molecule has 0 spiro atoms. The van der Waals surface area contributed by atoms with E-state index in [-0.39, 0.29) is 22.3 Å². The molecule has 0 heterocycles. The second-order valence-corrected chi connectivity index (χ2v) is 9.02. The van der Waals surface area contributed by atoms with Crippen LogP contribution in [0.1, 0.15) is 18.5 Å². The van der Waals surface area contributed by atoms with Gasteiger partial charge in [0.05, 0.1) is 28.7 Å². The molecule has 1 N–H and O–H groups in total. The van der Waals surface area contributed by atoms with E-state index in [9.17, 15) is 23.3 Å². The van der Waals surface area contributed by atoms with Crippen LogP contribution < -0.4 is 14.4 Å². The number of non-ortho nitro benzene ring substituents is 1. The maximum atomic E-state index is 13.3. The summed E-state index contributed by atoms with van der Waals surface area (Å²) in [5.41, 5.74) is 0.766. The SMILES string of the molecule is COc1ccc(C(C)NC(=O)CN(c2ccc([N+](=O)[O-])cc2)S(=O)(=O)c2ccccc2)cc1. The Hall–Kier alpha value is -3.92. The van der Waals surface area contributed by atoms with Crippen LogP contribution in [0.15, 0.2) is 83.8 Å². The van der Waals surface area contributed by atoms with E-state index >= 15 is 0 Å². The van der Waals surface area contributed by atoms with Gasteiger partial charge in [0.1, 0.15) is 12.3 Å². The summed E-state index contributed by atoms with van der Waals surface area (Å²) in [6, 6.07) is 19.4.